The highest BCUT2D eigenvalue weighted by atomic mass is 35.5. The monoisotopic (exact) mass is 440 g/mol. The molecule has 2 aromatic carbocycles. The van der Waals surface area contributed by atoms with Crippen LogP contribution in [0.3, 0.4) is 0 Å². The molecule has 4 rings (SSSR count). The minimum Gasteiger partial charge on any atom is -0.493 e. The third-order valence-electron chi connectivity index (χ3n) is 5.28. The molecule has 154 valence electrons. The van der Waals surface area contributed by atoms with Gasteiger partial charge < -0.3 is 9.64 Å². The second-order valence-corrected chi connectivity index (χ2v) is 8.06. The normalized spacial score (nSPS) is 18.2. The van der Waals surface area contributed by atoms with Crippen molar-refractivity contribution in [2.75, 3.05) is 11.5 Å². The Morgan fingerprint density at radius 1 is 1.07 bits per heavy atom. The van der Waals surface area contributed by atoms with Crippen molar-refractivity contribution in [3.05, 3.63) is 88.7 Å². The van der Waals surface area contributed by atoms with E-state index < -0.39 is 5.38 Å². The number of benzene rings is 2. The number of carbonyl (C=O) groups is 1. The average Bonchev–Trinajstić information content (AvgIpc) is 2.79. The van der Waals surface area contributed by atoms with Crippen LogP contribution in [0.5, 0.6) is 5.75 Å². The molecule has 0 saturated carbocycles. The molecule has 30 heavy (non-hydrogen) atoms. The van der Waals surface area contributed by atoms with E-state index in [1.54, 1.807) is 11.0 Å². The number of halogens is 2. The molecule has 0 spiro atoms. The molecular formula is C24H22Cl2N2O2. The van der Waals surface area contributed by atoms with Crippen molar-refractivity contribution in [2.45, 2.75) is 31.2 Å². The number of nitrogens with zero attached hydrogens (tertiary/aromatic N) is 2. The van der Waals surface area contributed by atoms with Crippen LogP contribution in [0.25, 0.3) is 0 Å². The number of aromatic nitrogens is 1. The predicted octanol–water partition coefficient (Wildman–Crippen LogP) is 5.61. The number of hydrogen-bond donors (Lipinski definition) is 0. The molecule has 1 aliphatic heterocycles. The molecule has 0 radical (unpaired) electrons. The number of carbonyl (C=O) groups excluding carboxylic acids is 1. The maximum atomic E-state index is 12.4. The lowest BCUT2D eigenvalue weighted by atomic mass is 9.92. The Morgan fingerprint density at radius 3 is 2.50 bits per heavy atom. The SMILES string of the molecule is CCc1ccc(CCOc2ccc(C3C(Cl)C(=O)N3c3ccccc3Cl)cc2)nc1. The lowest BCUT2D eigenvalue weighted by Crippen LogP contribution is -2.56. The van der Waals surface area contributed by atoms with Gasteiger partial charge in [0.25, 0.3) is 0 Å². The molecule has 1 aromatic heterocycles. The van der Waals surface area contributed by atoms with Crippen molar-refractivity contribution in [3.8, 4) is 5.75 Å². The molecule has 4 nitrogen and oxygen atoms in total. The Balaban J connectivity index is 1.40. The highest BCUT2D eigenvalue weighted by molar-refractivity contribution is 6.39. The topological polar surface area (TPSA) is 42.4 Å². The molecule has 1 amide bonds. The number of anilines is 1. The van der Waals surface area contributed by atoms with Crippen LogP contribution in [0.2, 0.25) is 5.02 Å². The van der Waals surface area contributed by atoms with E-state index >= 15 is 0 Å². The molecule has 2 unspecified atom stereocenters. The van der Waals surface area contributed by atoms with E-state index in [4.69, 9.17) is 27.9 Å². The molecule has 0 bridgehead atoms. The van der Waals surface area contributed by atoms with Crippen molar-refractivity contribution in [1.82, 2.24) is 4.98 Å². The number of alkyl halides is 1. The summed E-state index contributed by atoms with van der Waals surface area (Å²) >= 11 is 12.6. The molecule has 3 aromatic rings. The Hall–Kier alpha value is -2.56. The van der Waals surface area contributed by atoms with Crippen LogP contribution in [0.4, 0.5) is 5.69 Å². The van der Waals surface area contributed by atoms with Gasteiger partial charge in [0.2, 0.25) is 5.91 Å². The van der Waals surface area contributed by atoms with Crippen LogP contribution in [-0.4, -0.2) is 22.9 Å². The van der Waals surface area contributed by atoms with Crippen LogP contribution in [0.1, 0.15) is 29.8 Å². The third kappa shape index (κ3) is 4.16. The van der Waals surface area contributed by atoms with Crippen LogP contribution < -0.4 is 9.64 Å². The van der Waals surface area contributed by atoms with E-state index in [0.29, 0.717) is 17.3 Å². The highest BCUT2D eigenvalue weighted by Crippen LogP contribution is 2.44. The number of rotatable bonds is 7. The van der Waals surface area contributed by atoms with Crippen molar-refractivity contribution >= 4 is 34.8 Å². The maximum Gasteiger partial charge on any atom is 0.248 e. The third-order valence-corrected chi connectivity index (χ3v) is 6.03. The van der Waals surface area contributed by atoms with Crippen LogP contribution >= 0.6 is 23.2 Å². The van der Waals surface area contributed by atoms with Crippen molar-refractivity contribution in [1.29, 1.82) is 0 Å². The number of aryl methyl sites for hydroxylation is 1. The smallest absolute Gasteiger partial charge is 0.248 e. The Bertz CT molecular complexity index is 1020. The first-order valence-corrected chi connectivity index (χ1v) is 10.8. The summed E-state index contributed by atoms with van der Waals surface area (Å²) in [6.07, 6.45) is 3.64. The van der Waals surface area contributed by atoms with Gasteiger partial charge in [-0.2, -0.15) is 0 Å². The number of amides is 1. The Labute approximate surface area is 186 Å². The zero-order valence-electron chi connectivity index (χ0n) is 16.6. The Kier molecular flexibility index (Phi) is 6.26. The molecule has 0 N–H and O–H groups in total. The second-order valence-electron chi connectivity index (χ2n) is 7.19. The number of para-hydroxylation sites is 1. The van der Waals surface area contributed by atoms with Gasteiger partial charge in [0, 0.05) is 18.3 Å². The zero-order chi connectivity index (χ0) is 21.1. The summed E-state index contributed by atoms with van der Waals surface area (Å²) in [6, 6.07) is 18.9. The maximum absolute atomic E-state index is 12.4. The van der Waals surface area contributed by atoms with Crippen molar-refractivity contribution < 1.29 is 9.53 Å². The fourth-order valence-corrected chi connectivity index (χ4v) is 4.12. The molecule has 1 saturated heterocycles. The fraction of sp³-hybridized carbons (Fsp3) is 0.250. The summed E-state index contributed by atoms with van der Waals surface area (Å²) in [5, 5.41) is -0.0786. The predicted molar refractivity (Wildman–Crippen MR) is 121 cm³/mol. The Morgan fingerprint density at radius 2 is 1.83 bits per heavy atom. The summed E-state index contributed by atoms with van der Waals surface area (Å²) in [6.45, 7) is 2.66. The molecule has 0 aliphatic carbocycles. The van der Waals surface area contributed by atoms with Gasteiger partial charge >= 0.3 is 0 Å². The highest BCUT2D eigenvalue weighted by Gasteiger charge is 2.48. The van der Waals surface area contributed by atoms with Gasteiger partial charge in [-0.15, -0.1) is 11.6 Å². The summed E-state index contributed by atoms with van der Waals surface area (Å²) in [5.41, 5.74) is 3.86. The van der Waals surface area contributed by atoms with Crippen molar-refractivity contribution in [2.24, 2.45) is 0 Å². The van der Waals surface area contributed by atoms with E-state index in [9.17, 15) is 4.79 Å². The summed E-state index contributed by atoms with van der Waals surface area (Å²) in [7, 11) is 0. The molecule has 2 heterocycles. The molecule has 2 atom stereocenters. The zero-order valence-corrected chi connectivity index (χ0v) is 18.1. The average molecular weight is 441 g/mol. The molecular weight excluding hydrogens is 419 g/mol. The fourth-order valence-electron chi connectivity index (χ4n) is 3.53. The van der Waals surface area contributed by atoms with Gasteiger partial charge in [-0.3, -0.25) is 9.78 Å². The summed E-state index contributed by atoms with van der Waals surface area (Å²) < 4.78 is 5.86. The minimum absolute atomic E-state index is 0.142. The van der Waals surface area contributed by atoms with E-state index in [-0.39, 0.29) is 11.9 Å². The largest absolute Gasteiger partial charge is 0.493 e. The molecule has 6 heteroatoms. The number of pyridine rings is 1. The van der Waals surface area contributed by atoms with Crippen molar-refractivity contribution in [3.63, 3.8) is 0 Å². The first kappa shape index (κ1) is 20.7. The number of ether oxygens (including phenoxy) is 1. The van der Waals surface area contributed by atoms with E-state index in [2.05, 4.69) is 18.0 Å². The van der Waals surface area contributed by atoms with Gasteiger partial charge in [0.05, 0.1) is 23.4 Å². The minimum atomic E-state index is -0.606. The van der Waals surface area contributed by atoms with E-state index in [1.807, 2.05) is 54.7 Å². The first-order valence-electron chi connectivity index (χ1n) is 9.96. The summed E-state index contributed by atoms with van der Waals surface area (Å²) in [4.78, 5) is 18.5. The van der Waals surface area contributed by atoms with Gasteiger partial charge in [0.15, 0.2) is 0 Å². The lowest BCUT2D eigenvalue weighted by molar-refractivity contribution is -0.123. The molecule has 1 aliphatic rings. The molecule has 1 fully saturated rings. The van der Waals surface area contributed by atoms with Crippen LogP contribution in [0.15, 0.2) is 66.9 Å². The van der Waals surface area contributed by atoms with E-state index in [1.165, 1.54) is 5.56 Å². The number of β-lactam (4-membered cyclic amide) rings is 1. The van der Waals surface area contributed by atoms with Gasteiger partial charge in [-0.25, -0.2) is 0 Å². The first-order chi connectivity index (χ1) is 14.6. The summed E-state index contributed by atoms with van der Waals surface area (Å²) in [5.74, 6) is 0.627. The van der Waals surface area contributed by atoms with E-state index in [0.717, 1.165) is 29.8 Å². The quantitative estimate of drug-likeness (QED) is 0.353. The van der Waals surface area contributed by atoms with Crippen LogP contribution in [0, 0.1) is 0 Å². The standard InChI is InChI=1S/C24H22Cl2N2O2/c1-2-16-7-10-18(27-15-16)13-14-30-19-11-8-17(9-12-19)23-22(26)24(29)28(23)21-6-4-3-5-20(21)25/h3-12,15,22-23H,2,13-14H2,1H3. The number of hydrogen-bond acceptors (Lipinski definition) is 3. The van der Waals surface area contributed by atoms with Gasteiger partial charge in [-0.05, 0) is 47.9 Å². The second kappa shape index (κ2) is 9.07. The van der Waals surface area contributed by atoms with Gasteiger partial charge in [-0.1, -0.05) is 48.9 Å². The lowest BCUT2D eigenvalue weighted by Gasteiger charge is -2.44. The van der Waals surface area contributed by atoms with Gasteiger partial charge in [0.1, 0.15) is 11.1 Å². The van der Waals surface area contributed by atoms with Crippen LogP contribution in [-0.2, 0) is 17.6 Å².